The van der Waals surface area contributed by atoms with E-state index in [0.29, 0.717) is 36.4 Å². The number of piperidine rings is 3. The van der Waals surface area contributed by atoms with Gasteiger partial charge >= 0.3 is 0 Å². The molecule has 1 N–H and O–H groups in total. The molecule has 5 aliphatic rings. The predicted molar refractivity (Wildman–Crippen MR) is 123 cm³/mol. The minimum Gasteiger partial charge on any atom is -0.322 e. The molecule has 6 nitrogen and oxygen atoms in total. The van der Waals surface area contributed by atoms with Gasteiger partial charge in [0.25, 0.3) is 5.91 Å². The Labute approximate surface area is 193 Å². The summed E-state index contributed by atoms with van der Waals surface area (Å²) in [6.07, 6.45) is 4.38. The van der Waals surface area contributed by atoms with Crippen LogP contribution in [0.4, 0.5) is 0 Å². The molecule has 0 spiro atoms. The molecule has 2 aromatic carbocycles. The largest absolute Gasteiger partial charge is 0.322 e. The van der Waals surface area contributed by atoms with Crippen molar-refractivity contribution in [3.63, 3.8) is 0 Å². The summed E-state index contributed by atoms with van der Waals surface area (Å²) in [5.41, 5.74) is 4.44. The molecule has 4 aliphatic heterocycles. The third-order valence-electron chi connectivity index (χ3n) is 8.16. The number of imide groups is 1. The van der Waals surface area contributed by atoms with Crippen LogP contribution in [0.25, 0.3) is 0 Å². The number of nitrogens with zero attached hydrogens (tertiary/aromatic N) is 2. The average Bonchev–Trinajstić information content (AvgIpc) is 3.15. The van der Waals surface area contributed by atoms with Crippen molar-refractivity contribution in [3.05, 3.63) is 70.8 Å². The highest BCUT2D eigenvalue weighted by Crippen LogP contribution is 2.46. The molecular formula is C27H29N3O3. The molecule has 170 valence electrons. The molecule has 3 saturated heterocycles. The molecule has 4 heterocycles. The molecule has 1 saturated carbocycles. The van der Waals surface area contributed by atoms with Crippen molar-refractivity contribution < 1.29 is 14.4 Å². The fourth-order valence-electron chi connectivity index (χ4n) is 6.46. The van der Waals surface area contributed by atoms with E-state index in [-0.39, 0.29) is 24.1 Å². The molecule has 3 amide bonds. The van der Waals surface area contributed by atoms with Gasteiger partial charge in [-0.2, -0.15) is 0 Å². The molecule has 1 aliphatic carbocycles. The summed E-state index contributed by atoms with van der Waals surface area (Å²) in [6, 6.07) is 17.1. The van der Waals surface area contributed by atoms with Crippen LogP contribution in [0.5, 0.6) is 0 Å². The third-order valence-corrected chi connectivity index (χ3v) is 8.16. The van der Waals surface area contributed by atoms with E-state index in [4.69, 9.17) is 0 Å². The van der Waals surface area contributed by atoms with Crippen LogP contribution in [0, 0.1) is 5.92 Å². The number of fused-ring (bicyclic) bond motifs is 4. The molecule has 4 fully saturated rings. The lowest BCUT2D eigenvalue weighted by molar-refractivity contribution is -0.136. The lowest BCUT2D eigenvalue weighted by Gasteiger charge is -2.50. The first-order valence-electron chi connectivity index (χ1n) is 12.1. The first kappa shape index (κ1) is 20.6. The third kappa shape index (κ3) is 3.66. The van der Waals surface area contributed by atoms with Crippen molar-refractivity contribution in [1.29, 1.82) is 0 Å². The van der Waals surface area contributed by atoms with E-state index in [2.05, 4.69) is 52.7 Å². The van der Waals surface area contributed by atoms with Gasteiger partial charge in [-0.05, 0) is 60.3 Å². The van der Waals surface area contributed by atoms with E-state index in [1.54, 1.807) is 4.90 Å². The van der Waals surface area contributed by atoms with Crippen LogP contribution >= 0.6 is 0 Å². The highest BCUT2D eigenvalue weighted by Gasteiger charge is 2.42. The Morgan fingerprint density at radius 3 is 2.58 bits per heavy atom. The van der Waals surface area contributed by atoms with Gasteiger partial charge in [0.05, 0.1) is 0 Å². The van der Waals surface area contributed by atoms with Gasteiger partial charge in [0, 0.05) is 37.7 Å². The van der Waals surface area contributed by atoms with Crippen LogP contribution in [-0.4, -0.2) is 46.1 Å². The van der Waals surface area contributed by atoms with E-state index in [9.17, 15) is 14.4 Å². The quantitative estimate of drug-likeness (QED) is 0.737. The van der Waals surface area contributed by atoms with Crippen LogP contribution in [-0.2, 0) is 22.7 Å². The molecule has 2 bridgehead atoms. The molecular weight excluding hydrogens is 414 g/mol. The van der Waals surface area contributed by atoms with Gasteiger partial charge in [-0.3, -0.25) is 24.6 Å². The Morgan fingerprint density at radius 2 is 1.82 bits per heavy atom. The SMILES string of the molecule is O=C1CCC(N2Cc3cc(C4C[C@@H]5CC[C@@H]4CN5Cc4ccccc4)ccc3C2=O)C(=O)N1. The first-order valence-corrected chi connectivity index (χ1v) is 12.1. The Kier molecular flexibility index (Phi) is 5.06. The minimum absolute atomic E-state index is 0.0924. The zero-order valence-electron chi connectivity index (χ0n) is 18.7. The van der Waals surface area contributed by atoms with Gasteiger partial charge in [0.1, 0.15) is 6.04 Å². The van der Waals surface area contributed by atoms with Crippen LogP contribution in [0.1, 0.15) is 65.1 Å². The lowest BCUT2D eigenvalue weighted by atomic mass is 9.69. The van der Waals surface area contributed by atoms with Gasteiger partial charge in [0.2, 0.25) is 11.8 Å². The van der Waals surface area contributed by atoms with Crippen LogP contribution in [0.3, 0.4) is 0 Å². The fourth-order valence-corrected chi connectivity index (χ4v) is 6.46. The summed E-state index contributed by atoms with van der Waals surface area (Å²) in [4.78, 5) is 41.1. The Balaban J connectivity index is 1.18. The lowest BCUT2D eigenvalue weighted by Crippen LogP contribution is -2.52. The summed E-state index contributed by atoms with van der Waals surface area (Å²) in [7, 11) is 0. The zero-order valence-corrected chi connectivity index (χ0v) is 18.7. The van der Waals surface area contributed by atoms with Crippen molar-refractivity contribution >= 4 is 17.7 Å². The van der Waals surface area contributed by atoms with E-state index < -0.39 is 6.04 Å². The van der Waals surface area contributed by atoms with Crippen molar-refractivity contribution in [3.8, 4) is 0 Å². The second-order valence-electron chi connectivity index (χ2n) is 10.1. The standard InChI is InChI=1S/C27H29N3O3/c31-25-11-10-24(26(32)28-25)30-16-20-12-18(7-9-22(20)27(30)33)23-13-21-8-6-19(23)15-29(21)14-17-4-2-1-3-5-17/h1-5,7,9,12,19,21,23-24H,6,8,10-11,13-16H2,(H,28,31,32)/t19-,21+,23?,24?/m1/s1. The number of carbonyl (C=O) groups excluding carboxylic acids is 3. The first-order chi connectivity index (χ1) is 16.1. The number of benzene rings is 2. The van der Waals surface area contributed by atoms with E-state index in [1.807, 2.05) is 6.07 Å². The second kappa shape index (κ2) is 8.10. The molecule has 6 heteroatoms. The van der Waals surface area contributed by atoms with E-state index in [0.717, 1.165) is 18.7 Å². The maximum atomic E-state index is 13.0. The monoisotopic (exact) mass is 443 g/mol. The molecule has 7 rings (SSSR count). The number of hydrogen-bond acceptors (Lipinski definition) is 4. The maximum Gasteiger partial charge on any atom is 0.255 e. The molecule has 33 heavy (non-hydrogen) atoms. The number of rotatable bonds is 4. The Morgan fingerprint density at radius 1 is 0.970 bits per heavy atom. The van der Waals surface area contributed by atoms with Gasteiger partial charge in [0.15, 0.2) is 0 Å². The van der Waals surface area contributed by atoms with Crippen molar-refractivity contribution in [2.24, 2.45) is 5.92 Å². The summed E-state index contributed by atoms with van der Waals surface area (Å²) in [5, 5.41) is 2.38. The topological polar surface area (TPSA) is 69.7 Å². The van der Waals surface area contributed by atoms with Crippen molar-refractivity contribution in [2.75, 3.05) is 6.54 Å². The van der Waals surface area contributed by atoms with Crippen molar-refractivity contribution in [1.82, 2.24) is 15.1 Å². The molecule has 0 aromatic heterocycles. The number of nitrogens with one attached hydrogen (secondary N) is 1. The number of carbonyl (C=O) groups is 3. The molecule has 2 aromatic rings. The van der Waals surface area contributed by atoms with E-state index >= 15 is 0 Å². The number of amides is 3. The zero-order chi connectivity index (χ0) is 22.5. The summed E-state index contributed by atoms with van der Waals surface area (Å²) in [5.74, 6) is 0.471. The smallest absolute Gasteiger partial charge is 0.255 e. The summed E-state index contributed by atoms with van der Waals surface area (Å²) >= 11 is 0. The van der Waals surface area contributed by atoms with E-state index in [1.165, 1.54) is 30.4 Å². The predicted octanol–water partition coefficient (Wildman–Crippen LogP) is 3.22. The van der Waals surface area contributed by atoms with Crippen LogP contribution in [0.2, 0.25) is 0 Å². The normalized spacial score (nSPS) is 29.3. The average molecular weight is 444 g/mol. The van der Waals surface area contributed by atoms with Gasteiger partial charge < -0.3 is 4.90 Å². The summed E-state index contributed by atoms with van der Waals surface area (Å²) < 4.78 is 0. The maximum absolute atomic E-state index is 13.0. The molecule has 0 radical (unpaired) electrons. The van der Waals surface area contributed by atoms with Crippen LogP contribution in [0.15, 0.2) is 48.5 Å². The van der Waals surface area contributed by atoms with Crippen LogP contribution < -0.4 is 5.32 Å². The Bertz CT molecular complexity index is 1110. The highest BCUT2D eigenvalue weighted by molar-refractivity contribution is 6.05. The Hall–Kier alpha value is -2.99. The fraction of sp³-hybridized carbons (Fsp3) is 0.444. The molecule has 2 unspecified atom stereocenters. The minimum atomic E-state index is -0.553. The summed E-state index contributed by atoms with van der Waals surface area (Å²) in [6.45, 7) is 2.60. The van der Waals surface area contributed by atoms with Gasteiger partial charge in [-0.25, -0.2) is 0 Å². The van der Waals surface area contributed by atoms with Crippen molar-refractivity contribution in [2.45, 2.75) is 63.2 Å². The second-order valence-corrected chi connectivity index (χ2v) is 10.1. The molecule has 4 atom stereocenters. The number of hydrogen-bond donors (Lipinski definition) is 1. The van der Waals surface area contributed by atoms with Gasteiger partial charge in [-0.1, -0.05) is 42.5 Å². The highest BCUT2D eigenvalue weighted by atomic mass is 16.2. The van der Waals surface area contributed by atoms with Gasteiger partial charge in [-0.15, -0.1) is 0 Å².